The van der Waals surface area contributed by atoms with Crippen molar-refractivity contribution in [2.45, 2.75) is 18.3 Å². The van der Waals surface area contributed by atoms with Gasteiger partial charge in [-0.2, -0.15) is 10.2 Å². The van der Waals surface area contributed by atoms with E-state index in [-0.39, 0.29) is 23.8 Å². The zero-order valence-electron chi connectivity index (χ0n) is 12.8. The van der Waals surface area contributed by atoms with Gasteiger partial charge in [0.2, 0.25) is 5.91 Å². The van der Waals surface area contributed by atoms with Crippen LogP contribution in [0.4, 0.5) is 5.69 Å². The fourth-order valence-corrected chi connectivity index (χ4v) is 3.64. The van der Waals surface area contributed by atoms with E-state index >= 15 is 0 Å². The average Bonchev–Trinajstić information content (AvgIpc) is 3.34. The lowest BCUT2D eigenvalue weighted by molar-refractivity contribution is -0.117. The number of hydrogen-bond donors (Lipinski definition) is 1. The fraction of sp³-hybridized carbons (Fsp3) is 0.294. The second kappa shape index (κ2) is 5.66. The minimum atomic E-state index is -0.229. The molecule has 4 rings (SSSR count). The molecule has 1 spiro atoms. The molecule has 1 fully saturated rings. The van der Waals surface area contributed by atoms with Gasteiger partial charge in [-0.05, 0) is 42.7 Å². The van der Waals surface area contributed by atoms with E-state index in [1.165, 1.54) is 12.4 Å². The van der Waals surface area contributed by atoms with Gasteiger partial charge in [-0.15, -0.1) is 0 Å². The molecule has 7 heteroatoms. The van der Waals surface area contributed by atoms with E-state index in [1.807, 2.05) is 18.2 Å². The molecule has 24 heavy (non-hydrogen) atoms. The lowest BCUT2D eigenvalue weighted by atomic mass is 9.86. The first-order chi connectivity index (χ1) is 11.6. The Balaban J connectivity index is 1.54. The first-order valence-corrected chi connectivity index (χ1v) is 8.53. The Morgan fingerprint density at radius 3 is 2.83 bits per heavy atom. The van der Waals surface area contributed by atoms with Crippen molar-refractivity contribution in [3.8, 4) is 0 Å². The van der Waals surface area contributed by atoms with Crippen LogP contribution in [-0.2, 0) is 10.2 Å². The smallest absolute Gasteiger partial charge is 0.254 e. The number of halogens is 1. The molecule has 2 aromatic rings. The van der Waals surface area contributed by atoms with E-state index in [0.717, 1.165) is 22.9 Å². The van der Waals surface area contributed by atoms with Gasteiger partial charge in [0.1, 0.15) is 6.54 Å². The van der Waals surface area contributed by atoms with Crippen LogP contribution in [0.1, 0.15) is 28.8 Å². The molecular weight excluding hydrogens is 372 g/mol. The van der Waals surface area contributed by atoms with Gasteiger partial charge < -0.3 is 10.2 Å². The molecule has 2 aliphatic rings. The molecule has 1 N–H and O–H groups in total. The van der Waals surface area contributed by atoms with E-state index in [0.29, 0.717) is 17.8 Å². The van der Waals surface area contributed by atoms with Gasteiger partial charge in [0.15, 0.2) is 0 Å². The topological polar surface area (TPSA) is 75.2 Å². The van der Waals surface area contributed by atoms with Crippen molar-refractivity contribution in [1.82, 2.24) is 15.1 Å². The van der Waals surface area contributed by atoms with Crippen molar-refractivity contribution in [3.05, 3.63) is 52.3 Å². The van der Waals surface area contributed by atoms with Crippen LogP contribution in [0.2, 0.25) is 0 Å². The Kier molecular flexibility index (Phi) is 3.60. The number of fused-ring (bicyclic) bond motifs is 2. The Hall–Kier alpha value is -2.28. The quantitative estimate of drug-likeness (QED) is 0.878. The number of aromatic nitrogens is 2. The van der Waals surface area contributed by atoms with Gasteiger partial charge in [-0.25, -0.2) is 0 Å². The maximum Gasteiger partial charge on any atom is 0.254 e. The van der Waals surface area contributed by atoms with Gasteiger partial charge in [0.25, 0.3) is 5.91 Å². The molecular formula is C17H15BrN4O2. The third-order valence-electron chi connectivity index (χ3n) is 4.62. The summed E-state index contributed by atoms with van der Waals surface area (Å²) in [7, 11) is 0. The largest absolute Gasteiger partial charge is 0.328 e. The summed E-state index contributed by atoms with van der Waals surface area (Å²) in [5.41, 5.74) is 2.41. The van der Waals surface area contributed by atoms with Crippen LogP contribution < -0.4 is 5.32 Å². The summed E-state index contributed by atoms with van der Waals surface area (Å²) in [6.45, 7) is 0.635. The van der Waals surface area contributed by atoms with Crippen LogP contribution >= 0.6 is 15.9 Å². The van der Waals surface area contributed by atoms with Crippen molar-refractivity contribution in [2.75, 3.05) is 18.4 Å². The molecule has 0 atom stereocenters. The standard InChI is InChI=1S/C17H15BrN4O2/c18-11-1-2-13-14(7-11)17(4-5-17)10-22(16(13)24)9-15(23)21-12-3-6-19-20-8-12/h1-3,6-8H,4-5,9-10H2,(H,19,21,23). The molecule has 2 heterocycles. The molecule has 6 nitrogen and oxygen atoms in total. The molecule has 1 aromatic heterocycles. The van der Waals surface area contributed by atoms with Crippen LogP contribution in [0, 0.1) is 0 Å². The Bertz CT molecular complexity index is 821. The highest BCUT2D eigenvalue weighted by atomic mass is 79.9. The van der Waals surface area contributed by atoms with E-state index in [2.05, 4.69) is 31.4 Å². The highest BCUT2D eigenvalue weighted by Crippen LogP contribution is 2.52. The Labute approximate surface area is 147 Å². The second-order valence-electron chi connectivity index (χ2n) is 6.31. The summed E-state index contributed by atoms with van der Waals surface area (Å²) in [5.74, 6) is -0.314. The first-order valence-electron chi connectivity index (χ1n) is 7.73. The number of nitrogens with one attached hydrogen (secondary N) is 1. The lowest BCUT2D eigenvalue weighted by Gasteiger charge is -2.34. The van der Waals surface area contributed by atoms with Gasteiger partial charge in [-0.1, -0.05) is 15.9 Å². The van der Waals surface area contributed by atoms with Crippen LogP contribution in [-0.4, -0.2) is 40.0 Å². The molecule has 0 unspecified atom stereocenters. The van der Waals surface area contributed by atoms with Crippen molar-refractivity contribution in [3.63, 3.8) is 0 Å². The summed E-state index contributed by atoms with van der Waals surface area (Å²) in [4.78, 5) is 26.6. The first kappa shape index (κ1) is 15.3. The summed E-state index contributed by atoms with van der Waals surface area (Å²) in [6, 6.07) is 7.43. The van der Waals surface area contributed by atoms with E-state index < -0.39 is 0 Å². The van der Waals surface area contributed by atoms with Crippen molar-refractivity contribution in [1.29, 1.82) is 0 Å². The van der Waals surface area contributed by atoms with E-state index in [4.69, 9.17) is 0 Å². The van der Waals surface area contributed by atoms with Crippen LogP contribution in [0.3, 0.4) is 0 Å². The molecule has 122 valence electrons. The van der Waals surface area contributed by atoms with E-state index in [1.54, 1.807) is 11.0 Å². The van der Waals surface area contributed by atoms with Crippen molar-refractivity contribution >= 4 is 33.4 Å². The molecule has 2 amide bonds. The predicted octanol–water partition coefficient (Wildman–Crippen LogP) is 2.37. The summed E-state index contributed by atoms with van der Waals surface area (Å²) in [6.07, 6.45) is 5.09. The SMILES string of the molecule is O=C(CN1CC2(CC2)c2cc(Br)ccc2C1=O)Nc1ccnnc1. The number of carbonyl (C=O) groups is 2. The number of amides is 2. The molecule has 1 aliphatic carbocycles. The minimum Gasteiger partial charge on any atom is -0.328 e. The number of nitrogens with zero attached hydrogens (tertiary/aromatic N) is 3. The van der Waals surface area contributed by atoms with Crippen molar-refractivity contribution in [2.24, 2.45) is 0 Å². The predicted molar refractivity (Wildman–Crippen MR) is 91.6 cm³/mol. The maximum absolute atomic E-state index is 12.7. The third-order valence-corrected chi connectivity index (χ3v) is 5.11. The normalized spacial score (nSPS) is 17.5. The number of carbonyl (C=O) groups excluding carboxylic acids is 2. The van der Waals surface area contributed by atoms with Crippen molar-refractivity contribution < 1.29 is 9.59 Å². The summed E-state index contributed by atoms with van der Waals surface area (Å²) < 4.78 is 0.983. The Morgan fingerprint density at radius 2 is 2.12 bits per heavy atom. The van der Waals surface area contributed by atoms with Crippen LogP contribution in [0.25, 0.3) is 0 Å². The number of anilines is 1. The minimum absolute atomic E-state index is 0.0194. The summed E-state index contributed by atoms with van der Waals surface area (Å²) >= 11 is 3.48. The molecule has 0 bridgehead atoms. The molecule has 0 radical (unpaired) electrons. The molecule has 1 aromatic carbocycles. The maximum atomic E-state index is 12.7. The Morgan fingerprint density at radius 1 is 1.29 bits per heavy atom. The number of hydrogen-bond acceptors (Lipinski definition) is 4. The van der Waals surface area contributed by atoms with Gasteiger partial charge >= 0.3 is 0 Å². The van der Waals surface area contributed by atoms with Gasteiger partial charge in [0, 0.05) is 22.0 Å². The zero-order chi connectivity index (χ0) is 16.7. The highest BCUT2D eigenvalue weighted by Gasteiger charge is 2.51. The molecule has 1 saturated carbocycles. The van der Waals surface area contributed by atoms with Crippen LogP contribution in [0.15, 0.2) is 41.1 Å². The second-order valence-corrected chi connectivity index (χ2v) is 7.23. The fourth-order valence-electron chi connectivity index (χ4n) is 3.28. The average molecular weight is 387 g/mol. The monoisotopic (exact) mass is 386 g/mol. The zero-order valence-corrected chi connectivity index (χ0v) is 14.4. The molecule has 0 saturated heterocycles. The lowest BCUT2D eigenvalue weighted by Crippen LogP contribution is -2.46. The van der Waals surface area contributed by atoms with Crippen LogP contribution in [0.5, 0.6) is 0 Å². The third kappa shape index (κ3) is 2.69. The van der Waals surface area contributed by atoms with Gasteiger partial charge in [0.05, 0.1) is 18.1 Å². The van der Waals surface area contributed by atoms with E-state index in [9.17, 15) is 9.59 Å². The number of benzene rings is 1. The number of rotatable bonds is 3. The molecule has 1 aliphatic heterocycles. The highest BCUT2D eigenvalue weighted by molar-refractivity contribution is 9.10. The summed E-state index contributed by atoms with van der Waals surface area (Å²) in [5, 5.41) is 10.1. The van der Waals surface area contributed by atoms with Gasteiger partial charge in [-0.3, -0.25) is 9.59 Å².